The van der Waals surface area contributed by atoms with Gasteiger partial charge >= 0.3 is 0 Å². The number of halogens is 1. The summed E-state index contributed by atoms with van der Waals surface area (Å²) in [6.45, 7) is 0. The summed E-state index contributed by atoms with van der Waals surface area (Å²) in [7, 11) is 0. The first kappa shape index (κ1) is 22.2. The maximum absolute atomic E-state index is 13.5. The van der Waals surface area contributed by atoms with Crippen LogP contribution < -0.4 is 5.32 Å². The summed E-state index contributed by atoms with van der Waals surface area (Å²) in [4.78, 5) is 34.0. The van der Waals surface area contributed by atoms with Gasteiger partial charge in [-0.3, -0.25) is 19.9 Å². The van der Waals surface area contributed by atoms with E-state index in [1.165, 1.54) is 12.1 Å². The Morgan fingerprint density at radius 1 is 0.895 bits per heavy atom. The summed E-state index contributed by atoms with van der Waals surface area (Å²) in [5, 5.41) is 10.5. The van der Waals surface area contributed by atoms with E-state index < -0.39 is 0 Å². The minimum Gasteiger partial charge on any atom is -0.335 e. The first-order valence-electron chi connectivity index (χ1n) is 12.3. The number of aromatic amines is 2. The Labute approximate surface area is 215 Å². The lowest BCUT2D eigenvalue weighted by Gasteiger charge is -2.24. The van der Waals surface area contributed by atoms with Crippen LogP contribution >= 0.6 is 0 Å². The fourth-order valence-electron chi connectivity index (χ4n) is 4.67. The Morgan fingerprint density at radius 2 is 1.74 bits per heavy atom. The van der Waals surface area contributed by atoms with E-state index in [0.717, 1.165) is 47.0 Å². The molecule has 0 bridgehead atoms. The molecular weight excluding hydrogens is 483 g/mol. The van der Waals surface area contributed by atoms with Crippen LogP contribution in [0.4, 0.5) is 10.1 Å². The van der Waals surface area contributed by atoms with Crippen molar-refractivity contribution in [3.8, 4) is 33.9 Å². The van der Waals surface area contributed by atoms with Crippen LogP contribution in [0.5, 0.6) is 0 Å². The summed E-state index contributed by atoms with van der Waals surface area (Å²) in [6, 6.07) is 11.9. The van der Waals surface area contributed by atoms with Crippen molar-refractivity contribution in [2.45, 2.75) is 19.3 Å². The van der Waals surface area contributed by atoms with E-state index in [-0.39, 0.29) is 17.6 Å². The molecule has 0 radical (unpaired) electrons. The highest BCUT2D eigenvalue weighted by Gasteiger charge is 2.25. The predicted molar refractivity (Wildman–Crippen MR) is 141 cm³/mol. The van der Waals surface area contributed by atoms with E-state index in [4.69, 9.17) is 9.97 Å². The van der Waals surface area contributed by atoms with Gasteiger partial charge in [-0.1, -0.05) is 18.6 Å². The maximum atomic E-state index is 13.5. The minimum absolute atomic E-state index is 0.0371. The van der Waals surface area contributed by atoms with Crippen molar-refractivity contribution in [2.24, 2.45) is 5.92 Å². The van der Waals surface area contributed by atoms with Gasteiger partial charge in [-0.2, -0.15) is 5.10 Å². The second-order valence-electron chi connectivity index (χ2n) is 9.42. The highest BCUT2D eigenvalue weighted by Crippen LogP contribution is 2.32. The van der Waals surface area contributed by atoms with Gasteiger partial charge < -0.3 is 10.3 Å². The average molecular weight is 505 g/mol. The third-order valence-corrected chi connectivity index (χ3v) is 6.96. The molecule has 10 heteroatoms. The summed E-state index contributed by atoms with van der Waals surface area (Å²) in [5.41, 5.74) is 7.09. The number of benzene rings is 1. The first-order valence-corrected chi connectivity index (χ1v) is 12.3. The second-order valence-corrected chi connectivity index (χ2v) is 9.42. The molecule has 1 aliphatic carbocycles. The predicted octanol–water partition coefficient (Wildman–Crippen LogP) is 5.50. The van der Waals surface area contributed by atoms with E-state index >= 15 is 0 Å². The quantitative estimate of drug-likeness (QED) is 0.285. The molecule has 5 aromatic heterocycles. The van der Waals surface area contributed by atoms with Gasteiger partial charge in [0.05, 0.1) is 40.3 Å². The topological polar surface area (TPSA) is 125 Å². The van der Waals surface area contributed by atoms with Gasteiger partial charge in [-0.25, -0.2) is 14.4 Å². The average Bonchev–Trinajstić information content (AvgIpc) is 3.52. The maximum Gasteiger partial charge on any atom is 0.227 e. The number of amides is 1. The molecular formula is C28H21FN8O. The third kappa shape index (κ3) is 3.86. The number of carbonyl (C=O) groups is 1. The van der Waals surface area contributed by atoms with Crippen molar-refractivity contribution in [3.05, 3.63) is 73.1 Å². The summed E-state index contributed by atoms with van der Waals surface area (Å²) >= 11 is 0. The summed E-state index contributed by atoms with van der Waals surface area (Å²) in [5.74, 6) is 0.356. The number of H-pyrrole nitrogens is 2. The van der Waals surface area contributed by atoms with Crippen LogP contribution in [0.25, 0.3) is 56.0 Å². The van der Waals surface area contributed by atoms with Crippen LogP contribution in [-0.2, 0) is 4.79 Å². The molecule has 1 aromatic carbocycles. The second kappa shape index (κ2) is 8.84. The van der Waals surface area contributed by atoms with Crippen molar-refractivity contribution < 1.29 is 9.18 Å². The zero-order chi connectivity index (χ0) is 25.6. The molecule has 0 saturated heterocycles. The number of hydrogen-bond donors (Lipinski definition) is 3. The zero-order valence-corrected chi connectivity index (χ0v) is 20.1. The van der Waals surface area contributed by atoms with Crippen LogP contribution in [0.2, 0.25) is 0 Å². The molecule has 0 aliphatic heterocycles. The third-order valence-electron chi connectivity index (χ3n) is 6.96. The van der Waals surface area contributed by atoms with E-state index in [1.54, 1.807) is 36.9 Å². The largest absolute Gasteiger partial charge is 0.335 e. The van der Waals surface area contributed by atoms with Crippen LogP contribution in [0.1, 0.15) is 19.3 Å². The van der Waals surface area contributed by atoms with Gasteiger partial charge in [0.25, 0.3) is 0 Å². The molecule has 1 aliphatic rings. The van der Waals surface area contributed by atoms with Gasteiger partial charge in [0.15, 0.2) is 11.5 Å². The molecule has 38 heavy (non-hydrogen) atoms. The fourth-order valence-corrected chi connectivity index (χ4v) is 4.67. The number of rotatable bonds is 5. The molecule has 9 nitrogen and oxygen atoms in total. The molecule has 6 aromatic rings. The number of nitrogens with one attached hydrogen (secondary N) is 3. The monoisotopic (exact) mass is 504 g/mol. The van der Waals surface area contributed by atoms with E-state index in [1.807, 2.05) is 18.2 Å². The molecule has 1 amide bonds. The fraction of sp³-hybridized carbons (Fsp3) is 0.143. The molecule has 0 unspecified atom stereocenters. The molecule has 5 heterocycles. The number of imidazole rings is 1. The van der Waals surface area contributed by atoms with Crippen molar-refractivity contribution in [1.82, 2.24) is 35.1 Å². The molecule has 0 atom stereocenters. The van der Waals surface area contributed by atoms with Crippen LogP contribution in [0, 0.1) is 11.7 Å². The van der Waals surface area contributed by atoms with E-state index in [2.05, 4.69) is 30.5 Å². The molecule has 1 saturated carbocycles. The number of carbonyl (C=O) groups excluding carboxylic acids is 1. The molecule has 0 spiro atoms. The van der Waals surface area contributed by atoms with Crippen molar-refractivity contribution >= 4 is 33.7 Å². The molecule has 7 rings (SSSR count). The van der Waals surface area contributed by atoms with Crippen molar-refractivity contribution in [2.75, 3.05) is 5.32 Å². The van der Waals surface area contributed by atoms with Gasteiger partial charge in [0.2, 0.25) is 5.91 Å². The summed E-state index contributed by atoms with van der Waals surface area (Å²) in [6.07, 6.45) is 9.73. The zero-order valence-electron chi connectivity index (χ0n) is 20.1. The Balaban J connectivity index is 1.26. The van der Waals surface area contributed by atoms with Gasteiger partial charge in [-0.05, 0) is 48.7 Å². The van der Waals surface area contributed by atoms with Crippen LogP contribution in [-0.4, -0.2) is 41.0 Å². The molecule has 1 fully saturated rings. The van der Waals surface area contributed by atoms with Crippen molar-refractivity contribution in [3.63, 3.8) is 0 Å². The Hall–Kier alpha value is -4.99. The van der Waals surface area contributed by atoms with Crippen LogP contribution in [0.15, 0.2) is 67.3 Å². The number of pyridine rings is 3. The number of hydrogen-bond acceptors (Lipinski definition) is 6. The number of anilines is 1. The normalized spacial score (nSPS) is 13.6. The molecule has 3 N–H and O–H groups in total. The van der Waals surface area contributed by atoms with Gasteiger partial charge in [0.1, 0.15) is 11.3 Å². The highest BCUT2D eigenvalue weighted by atomic mass is 19.1. The SMILES string of the molecule is O=C(Nc1cncc(-c2ccc3[nH]nc(-c4nc5c(-c6ccc(F)cc6)cncc5[nH]4)c3n2)c1)C1CCC1. The molecule has 186 valence electrons. The lowest BCUT2D eigenvalue weighted by Crippen LogP contribution is -2.28. The lowest BCUT2D eigenvalue weighted by molar-refractivity contribution is -0.122. The van der Waals surface area contributed by atoms with Gasteiger partial charge in [0, 0.05) is 29.4 Å². The summed E-state index contributed by atoms with van der Waals surface area (Å²) < 4.78 is 13.5. The number of aromatic nitrogens is 7. The standard InChI is InChI=1S/C28H21FN8O/c29-18-6-4-15(5-7-18)20-13-31-14-23-24(20)35-27(34-23)26-25-22(36-37-26)9-8-21(33-25)17-10-19(12-30-11-17)32-28(38)16-2-1-3-16/h4-14,16H,1-3H2,(H,32,38)(H,34,35)(H,36,37). The Morgan fingerprint density at radius 3 is 2.55 bits per heavy atom. The Bertz CT molecular complexity index is 1820. The number of nitrogens with zero attached hydrogens (tertiary/aromatic N) is 5. The van der Waals surface area contributed by atoms with Gasteiger partial charge in [-0.15, -0.1) is 0 Å². The lowest BCUT2D eigenvalue weighted by atomic mass is 9.85. The van der Waals surface area contributed by atoms with E-state index in [9.17, 15) is 9.18 Å². The minimum atomic E-state index is -0.303. The first-order chi connectivity index (χ1) is 18.6. The Kier molecular flexibility index (Phi) is 5.17. The highest BCUT2D eigenvalue weighted by molar-refractivity contribution is 5.96. The van der Waals surface area contributed by atoms with E-state index in [0.29, 0.717) is 33.9 Å². The number of fused-ring (bicyclic) bond motifs is 2. The smallest absolute Gasteiger partial charge is 0.227 e. The van der Waals surface area contributed by atoms with Crippen molar-refractivity contribution in [1.29, 1.82) is 0 Å². The van der Waals surface area contributed by atoms with Crippen LogP contribution in [0.3, 0.4) is 0 Å².